The minimum atomic E-state index is -0.480. The van der Waals surface area contributed by atoms with Crippen LogP contribution >= 0.6 is 11.8 Å². The topological polar surface area (TPSA) is 77.5 Å². The van der Waals surface area contributed by atoms with Crippen LogP contribution in [0.3, 0.4) is 0 Å². The Hall–Kier alpha value is -2.43. The first-order valence-electron chi connectivity index (χ1n) is 11.9. The standard InChI is InChI=1S/C24H34FN5O3S/c1-5-12-30(26-6-2)23-27-22(31)21(34-23)15-17-14-18(25)9-10-20(17)33-24(32)29-13-11-19(16-29)28(7-3)8-4/h9-10,14-15,19,26H,5-8,11-13,16H2,1-4H3/b21-15+. The second-order valence-electron chi connectivity index (χ2n) is 8.13. The van der Waals surface area contributed by atoms with E-state index in [1.165, 1.54) is 36.0 Å². The van der Waals surface area contributed by atoms with E-state index in [9.17, 15) is 14.0 Å². The highest BCUT2D eigenvalue weighted by Crippen LogP contribution is 2.33. The van der Waals surface area contributed by atoms with Gasteiger partial charge in [-0.3, -0.25) is 14.7 Å². The molecule has 1 atom stereocenters. The SMILES string of the molecule is CCCN(NCC)C1=NC(=O)/C(=C\c2cc(F)ccc2OC(=O)N2CCC(N(CC)CC)C2)S1. The van der Waals surface area contributed by atoms with Crippen LogP contribution in [0.4, 0.5) is 9.18 Å². The highest BCUT2D eigenvalue weighted by molar-refractivity contribution is 8.18. The summed E-state index contributed by atoms with van der Waals surface area (Å²) < 4.78 is 19.7. The summed E-state index contributed by atoms with van der Waals surface area (Å²) in [6.07, 6.45) is 2.84. The minimum Gasteiger partial charge on any atom is -0.410 e. The lowest BCUT2D eigenvalue weighted by Crippen LogP contribution is -2.41. The van der Waals surface area contributed by atoms with Crippen molar-refractivity contribution in [3.05, 3.63) is 34.5 Å². The predicted molar refractivity (Wildman–Crippen MR) is 134 cm³/mol. The molecule has 0 saturated carbocycles. The molecule has 10 heteroatoms. The van der Waals surface area contributed by atoms with E-state index in [4.69, 9.17) is 4.74 Å². The first-order chi connectivity index (χ1) is 16.4. The van der Waals surface area contributed by atoms with E-state index in [0.29, 0.717) is 47.9 Å². The number of amides is 2. The van der Waals surface area contributed by atoms with Gasteiger partial charge in [-0.25, -0.2) is 14.6 Å². The third-order valence-electron chi connectivity index (χ3n) is 5.84. The molecule has 1 saturated heterocycles. The normalized spacial score (nSPS) is 19.3. The number of aliphatic imine (C=N–C) groups is 1. The van der Waals surface area contributed by atoms with Gasteiger partial charge in [-0.15, -0.1) is 0 Å². The molecule has 186 valence electrons. The van der Waals surface area contributed by atoms with Crippen molar-refractivity contribution < 1.29 is 18.7 Å². The highest BCUT2D eigenvalue weighted by Gasteiger charge is 2.31. The number of nitrogens with zero attached hydrogens (tertiary/aromatic N) is 4. The van der Waals surface area contributed by atoms with Gasteiger partial charge in [0.25, 0.3) is 5.91 Å². The molecule has 0 radical (unpaired) electrons. The Balaban J connectivity index is 1.74. The molecule has 0 bridgehead atoms. The molecule has 2 aliphatic heterocycles. The lowest BCUT2D eigenvalue weighted by molar-refractivity contribution is -0.113. The summed E-state index contributed by atoms with van der Waals surface area (Å²) in [4.78, 5) is 33.9. The molecular formula is C24H34FN5O3S. The second-order valence-corrected chi connectivity index (χ2v) is 9.14. The average molecular weight is 492 g/mol. The lowest BCUT2D eigenvalue weighted by atomic mass is 10.2. The summed E-state index contributed by atoms with van der Waals surface area (Å²) in [7, 11) is 0. The predicted octanol–water partition coefficient (Wildman–Crippen LogP) is 3.95. The molecule has 1 aromatic rings. The summed E-state index contributed by atoms with van der Waals surface area (Å²) in [6.45, 7) is 12.7. The Morgan fingerprint density at radius 1 is 1.32 bits per heavy atom. The molecule has 8 nitrogen and oxygen atoms in total. The maximum atomic E-state index is 14.1. The third-order valence-corrected chi connectivity index (χ3v) is 6.85. The number of carbonyl (C=O) groups excluding carboxylic acids is 2. The highest BCUT2D eigenvalue weighted by atomic mass is 32.2. The smallest absolute Gasteiger partial charge is 0.410 e. The van der Waals surface area contributed by atoms with Gasteiger partial charge in [-0.2, -0.15) is 4.99 Å². The van der Waals surface area contributed by atoms with E-state index in [2.05, 4.69) is 29.2 Å². The van der Waals surface area contributed by atoms with E-state index in [0.717, 1.165) is 25.9 Å². The summed E-state index contributed by atoms with van der Waals surface area (Å²) in [5, 5.41) is 2.39. The van der Waals surface area contributed by atoms with Crippen LogP contribution in [-0.4, -0.2) is 77.3 Å². The van der Waals surface area contributed by atoms with E-state index in [1.54, 1.807) is 4.90 Å². The average Bonchev–Trinajstić information content (AvgIpc) is 3.44. The third kappa shape index (κ3) is 6.37. The van der Waals surface area contributed by atoms with E-state index in [1.807, 2.05) is 18.9 Å². The maximum absolute atomic E-state index is 14.1. The van der Waals surface area contributed by atoms with Gasteiger partial charge in [0, 0.05) is 37.8 Å². The number of benzene rings is 1. The van der Waals surface area contributed by atoms with Gasteiger partial charge in [-0.1, -0.05) is 27.7 Å². The Labute approximate surface area is 205 Å². The molecule has 1 fully saturated rings. The number of rotatable bonds is 9. The van der Waals surface area contributed by atoms with Gasteiger partial charge in [0.15, 0.2) is 5.17 Å². The molecule has 3 rings (SSSR count). The first-order valence-corrected chi connectivity index (χ1v) is 12.8. The van der Waals surface area contributed by atoms with Crippen LogP contribution in [0.25, 0.3) is 6.08 Å². The number of likely N-dealkylation sites (N-methyl/N-ethyl adjacent to an activating group) is 1. The molecule has 1 aromatic carbocycles. The van der Waals surface area contributed by atoms with Crippen LogP contribution in [-0.2, 0) is 4.79 Å². The molecule has 0 spiro atoms. The lowest BCUT2D eigenvalue weighted by Gasteiger charge is -2.25. The van der Waals surface area contributed by atoms with Crippen molar-refractivity contribution in [3.63, 3.8) is 0 Å². The summed E-state index contributed by atoms with van der Waals surface area (Å²) in [6, 6.07) is 4.24. The summed E-state index contributed by atoms with van der Waals surface area (Å²) >= 11 is 1.21. The molecular weight excluding hydrogens is 457 g/mol. The zero-order valence-electron chi connectivity index (χ0n) is 20.3. The number of likely N-dealkylation sites (tertiary alicyclic amines) is 1. The number of carbonyl (C=O) groups is 2. The fourth-order valence-corrected chi connectivity index (χ4v) is 5.05. The molecule has 1 N–H and O–H groups in total. The van der Waals surface area contributed by atoms with Crippen molar-refractivity contribution in [2.75, 3.05) is 39.3 Å². The van der Waals surface area contributed by atoms with Crippen LogP contribution < -0.4 is 10.2 Å². The van der Waals surface area contributed by atoms with Gasteiger partial charge in [0.2, 0.25) is 0 Å². The van der Waals surface area contributed by atoms with Gasteiger partial charge in [0.1, 0.15) is 11.6 Å². The van der Waals surface area contributed by atoms with Gasteiger partial charge in [-0.05, 0) is 62.0 Å². The van der Waals surface area contributed by atoms with E-state index < -0.39 is 17.8 Å². The van der Waals surface area contributed by atoms with Crippen LogP contribution in [0.15, 0.2) is 28.1 Å². The van der Waals surface area contributed by atoms with Crippen molar-refractivity contribution in [1.29, 1.82) is 0 Å². The molecule has 0 aliphatic carbocycles. The Morgan fingerprint density at radius 3 is 2.76 bits per heavy atom. The van der Waals surface area contributed by atoms with Crippen molar-refractivity contribution >= 4 is 35.0 Å². The van der Waals surface area contributed by atoms with Crippen molar-refractivity contribution in [2.24, 2.45) is 4.99 Å². The summed E-state index contributed by atoms with van der Waals surface area (Å²) in [5.41, 5.74) is 3.52. The number of amidine groups is 1. The number of nitrogens with one attached hydrogen (secondary N) is 1. The molecule has 1 unspecified atom stereocenters. The van der Waals surface area contributed by atoms with Crippen LogP contribution in [0.5, 0.6) is 5.75 Å². The van der Waals surface area contributed by atoms with Crippen LogP contribution in [0.1, 0.15) is 46.1 Å². The Morgan fingerprint density at radius 2 is 2.09 bits per heavy atom. The number of halogens is 1. The molecule has 2 amide bonds. The zero-order valence-corrected chi connectivity index (χ0v) is 21.2. The number of hydrazine groups is 1. The molecule has 34 heavy (non-hydrogen) atoms. The fraction of sp³-hybridized carbons (Fsp3) is 0.542. The summed E-state index contributed by atoms with van der Waals surface area (Å²) in [5.74, 6) is -0.669. The minimum absolute atomic E-state index is 0.212. The van der Waals surface area contributed by atoms with E-state index >= 15 is 0 Å². The maximum Gasteiger partial charge on any atom is 0.415 e. The van der Waals surface area contributed by atoms with Gasteiger partial charge >= 0.3 is 6.09 Å². The number of hydrogen-bond acceptors (Lipinski definition) is 7. The van der Waals surface area contributed by atoms with Gasteiger partial charge < -0.3 is 9.64 Å². The van der Waals surface area contributed by atoms with Crippen LogP contribution in [0, 0.1) is 5.82 Å². The molecule has 2 aliphatic rings. The largest absolute Gasteiger partial charge is 0.415 e. The monoisotopic (exact) mass is 491 g/mol. The second kappa shape index (κ2) is 12.3. The van der Waals surface area contributed by atoms with Crippen LogP contribution in [0.2, 0.25) is 0 Å². The van der Waals surface area contributed by atoms with Crippen molar-refractivity contribution in [3.8, 4) is 5.75 Å². The fourth-order valence-electron chi connectivity index (χ4n) is 4.14. The number of ether oxygens (including phenoxy) is 1. The van der Waals surface area contributed by atoms with E-state index in [-0.39, 0.29) is 5.75 Å². The quantitative estimate of drug-likeness (QED) is 0.414. The molecule has 0 aromatic heterocycles. The number of hydrogen-bond donors (Lipinski definition) is 1. The van der Waals surface area contributed by atoms with Gasteiger partial charge in [0.05, 0.1) is 4.91 Å². The number of thioether (sulfide) groups is 1. The van der Waals surface area contributed by atoms with Crippen molar-refractivity contribution in [1.82, 2.24) is 20.2 Å². The van der Waals surface area contributed by atoms with Crippen molar-refractivity contribution in [2.45, 2.75) is 46.6 Å². The zero-order chi connectivity index (χ0) is 24.7. The molecule has 2 heterocycles. The Bertz CT molecular complexity index is 945. The first kappa shape index (κ1) is 26.2. The Kier molecular flexibility index (Phi) is 9.49.